The van der Waals surface area contributed by atoms with Crippen LogP contribution < -0.4 is 10.1 Å². The standard InChI is InChI=1S/C22H19N5O2S/c1-14-3-5-15(6-4-14)20-23-11-18-21(27-20)24-13-25-22(18)30-12-19(28)26-16-7-9-17(29-2)10-8-16/h3-11,13H,12H2,1-2H3,(H,26,28). The molecule has 150 valence electrons. The monoisotopic (exact) mass is 417 g/mol. The Hall–Kier alpha value is -3.52. The third-order valence-corrected chi connectivity index (χ3v) is 5.38. The Balaban J connectivity index is 1.47. The second-order valence-corrected chi connectivity index (χ2v) is 7.51. The largest absolute Gasteiger partial charge is 0.497 e. The van der Waals surface area contributed by atoms with Crippen LogP contribution in [-0.2, 0) is 4.79 Å². The summed E-state index contributed by atoms with van der Waals surface area (Å²) in [4.78, 5) is 29.9. The zero-order chi connectivity index (χ0) is 20.9. The minimum atomic E-state index is -0.130. The summed E-state index contributed by atoms with van der Waals surface area (Å²) in [5.74, 6) is 1.42. The molecule has 0 saturated carbocycles. The number of aryl methyl sites for hydroxylation is 1. The quantitative estimate of drug-likeness (QED) is 0.372. The van der Waals surface area contributed by atoms with Gasteiger partial charge in [-0.15, -0.1) is 0 Å². The average molecular weight is 417 g/mol. The summed E-state index contributed by atoms with van der Waals surface area (Å²) in [6, 6.07) is 15.2. The molecule has 4 aromatic rings. The molecule has 0 aliphatic rings. The van der Waals surface area contributed by atoms with Crippen LogP contribution in [-0.4, -0.2) is 38.7 Å². The average Bonchev–Trinajstić information content (AvgIpc) is 2.78. The molecule has 2 heterocycles. The van der Waals surface area contributed by atoms with Gasteiger partial charge in [-0.25, -0.2) is 19.9 Å². The van der Waals surface area contributed by atoms with Gasteiger partial charge in [0.15, 0.2) is 11.5 Å². The van der Waals surface area contributed by atoms with Crippen molar-refractivity contribution >= 4 is 34.4 Å². The van der Waals surface area contributed by atoms with E-state index in [1.165, 1.54) is 23.7 Å². The highest BCUT2D eigenvalue weighted by molar-refractivity contribution is 8.00. The van der Waals surface area contributed by atoms with Crippen molar-refractivity contribution < 1.29 is 9.53 Å². The number of hydrogen-bond acceptors (Lipinski definition) is 7. The number of methoxy groups -OCH3 is 1. The molecule has 30 heavy (non-hydrogen) atoms. The number of thioether (sulfide) groups is 1. The zero-order valence-corrected chi connectivity index (χ0v) is 17.3. The lowest BCUT2D eigenvalue weighted by molar-refractivity contribution is -0.113. The van der Waals surface area contributed by atoms with Crippen molar-refractivity contribution in [1.82, 2.24) is 19.9 Å². The number of fused-ring (bicyclic) bond motifs is 1. The molecule has 0 saturated heterocycles. The molecule has 7 nitrogen and oxygen atoms in total. The number of carbonyl (C=O) groups is 1. The van der Waals surface area contributed by atoms with Crippen LogP contribution in [0.2, 0.25) is 0 Å². The Bertz CT molecular complexity index is 1180. The van der Waals surface area contributed by atoms with Crippen molar-refractivity contribution in [3.05, 3.63) is 66.6 Å². The summed E-state index contributed by atoms with van der Waals surface area (Å²) >= 11 is 1.32. The summed E-state index contributed by atoms with van der Waals surface area (Å²) in [6.45, 7) is 2.03. The van der Waals surface area contributed by atoms with E-state index in [9.17, 15) is 4.79 Å². The Labute approximate surface area is 178 Å². The molecule has 0 bridgehead atoms. The number of carbonyl (C=O) groups excluding carboxylic acids is 1. The van der Waals surface area contributed by atoms with E-state index < -0.39 is 0 Å². The van der Waals surface area contributed by atoms with E-state index in [0.29, 0.717) is 22.2 Å². The molecule has 0 aliphatic heterocycles. The predicted molar refractivity (Wildman–Crippen MR) is 118 cm³/mol. The third-order valence-electron chi connectivity index (χ3n) is 4.38. The normalized spacial score (nSPS) is 10.7. The fraction of sp³-hybridized carbons (Fsp3) is 0.136. The highest BCUT2D eigenvalue weighted by atomic mass is 32.2. The number of hydrogen-bond donors (Lipinski definition) is 1. The molecule has 1 amide bonds. The topological polar surface area (TPSA) is 89.9 Å². The summed E-state index contributed by atoms with van der Waals surface area (Å²) < 4.78 is 5.12. The first kappa shape index (κ1) is 19.8. The minimum Gasteiger partial charge on any atom is -0.497 e. The van der Waals surface area contributed by atoms with Gasteiger partial charge in [0.25, 0.3) is 0 Å². The van der Waals surface area contributed by atoms with E-state index in [-0.39, 0.29) is 11.7 Å². The van der Waals surface area contributed by atoms with Gasteiger partial charge in [-0.1, -0.05) is 41.6 Å². The minimum absolute atomic E-state index is 0.130. The summed E-state index contributed by atoms with van der Waals surface area (Å²) in [5.41, 5.74) is 3.36. The van der Waals surface area contributed by atoms with Gasteiger partial charge >= 0.3 is 0 Å². The molecule has 0 radical (unpaired) electrons. The number of rotatable bonds is 6. The van der Waals surface area contributed by atoms with Crippen molar-refractivity contribution in [2.24, 2.45) is 0 Å². The van der Waals surface area contributed by atoms with E-state index in [1.807, 2.05) is 31.2 Å². The number of anilines is 1. The number of nitrogens with zero attached hydrogens (tertiary/aromatic N) is 4. The molecule has 0 spiro atoms. The number of nitrogens with one attached hydrogen (secondary N) is 1. The first-order chi connectivity index (χ1) is 14.6. The van der Waals surface area contributed by atoms with Crippen LogP contribution in [0, 0.1) is 6.92 Å². The lowest BCUT2D eigenvalue weighted by Crippen LogP contribution is -2.14. The molecule has 0 atom stereocenters. The molecule has 2 aromatic heterocycles. The Morgan fingerprint density at radius 2 is 1.80 bits per heavy atom. The van der Waals surface area contributed by atoms with Crippen LogP contribution >= 0.6 is 11.8 Å². The van der Waals surface area contributed by atoms with Crippen molar-refractivity contribution in [2.45, 2.75) is 11.9 Å². The number of amides is 1. The van der Waals surface area contributed by atoms with Gasteiger partial charge in [0.05, 0.1) is 18.2 Å². The Morgan fingerprint density at radius 1 is 1.03 bits per heavy atom. The van der Waals surface area contributed by atoms with Gasteiger partial charge in [0, 0.05) is 17.4 Å². The smallest absolute Gasteiger partial charge is 0.234 e. The van der Waals surface area contributed by atoms with Gasteiger partial charge in [0.2, 0.25) is 5.91 Å². The lowest BCUT2D eigenvalue weighted by Gasteiger charge is -2.07. The maximum absolute atomic E-state index is 12.3. The molecule has 4 rings (SSSR count). The number of aromatic nitrogens is 4. The van der Waals surface area contributed by atoms with Gasteiger partial charge in [0.1, 0.15) is 17.1 Å². The van der Waals surface area contributed by atoms with Gasteiger partial charge in [-0.05, 0) is 31.2 Å². The second-order valence-electron chi connectivity index (χ2n) is 6.54. The first-order valence-corrected chi connectivity index (χ1v) is 10.2. The maximum atomic E-state index is 12.3. The van der Waals surface area contributed by atoms with E-state index >= 15 is 0 Å². The molecular weight excluding hydrogens is 398 g/mol. The van der Waals surface area contributed by atoms with Crippen LogP contribution in [0.25, 0.3) is 22.4 Å². The molecular formula is C22H19N5O2S. The fourth-order valence-electron chi connectivity index (χ4n) is 2.79. The molecule has 0 fully saturated rings. The molecule has 2 aromatic carbocycles. The number of ether oxygens (including phenoxy) is 1. The van der Waals surface area contributed by atoms with E-state index in [0.717, 1.165) is 16.7 Å². The second kappa shape index (κ2) is 8.87. The highest BCUT2D eigenvalue weighted by Gasteiger charge is 2.11. The highest BCUT2D eigenvalue weighted by Crippen LogP contribution is 2.25. The number of benzene rings is 2. The van der Waals surface area contributed by atoms with Crippen molar-refractivity contribution in [2.75, 3.05) is 18.2 Å². The van der Waals surface area contributed by atoms with Crippen LogP contribution in [0.3, 0.4) is 0 Å². The zero-order valence-electron chi connectivity index (χ0n) is 16.5. The molecule has 0 aliphatic carbocycles. The van der Waals surface area contributed by atoms with Crippen molar-refractivity contribution in [3.63, 3.8) is 0 Å². The van der Waals surface area contributed by atoms with E-state index in [1.54, 1.807) is 37.6 Å². The van der Waals surface area contributed by atoms with Crippen LogP contribution in [0.15, 0.2) is 66.1 Å². The summed E-state index contributed by atoms with van der Waals surface area (Å²) in [5, 5.41) is 4.24. The summed E-state index contributed by atoms with van der Waals surface area (Å²) in [7, 11) is 1.60. The van der Waals surface area contributed by atoms with E-state index in [2.05, 4.69) is 25.3 Å². The van der Waals surface area contributed by atoms with Crippen molar-refractivity contribution in [3.8, 4) is 17.1 Å². The van der Waals surface area contributed by atoms with Crippen molar-refractivity contribution in [1.29, 1.82) is 0 Å². The molecule has 1 N–H and O–H groups in total. The fourth-order valence-corrected chi connectivity index (χ4v) is 3.55. The Morgan fingerprint density at radius 3 is 2.53 bits per heavy atom. The predicted octanol–water partition coefficient (Wildman–Crippen LogP) is 4.13. The third kappa shape index (κ3) is 4.55. The maximum Gasteiger partial charge on any atom is 0.234 e. The molecule has 8 heteroatoms. The first-order valence-electron chi connectivity index (χ1n) is 9.24. The van der Waals surface area contributed by atoms with Gasteiger partial charge in [-0.3, -0.25) is 4.79 Å². The van der Waals surface area contributed by atoms with E-state index in [4.69, 9.17) is 4.74 Å². The van der Waals surface area contributed by atoms with Gasteiger partial charge < -0.3 is 10.1 Å². The van der Waals surface area contributed by atoms with Crippen LogP contribution in [0.1, 0.15) is 5.56 Å². The molecule has 0 unspecified atom stereocenters. The Kier molecular flexibility index (Phi) is 5.85. The van der Waals surface area contributed by atoms with Crippen LogP contribution in [0.4, 0.5) is 5.69 Å². The lowest BCUT2D eigenvalue weighted by atomic mass is 10.1. The van der Waals surface area contributed by atoms with Gasteiger partial charge in [-0.2, -0.15) is 0 Å². The SMILES string of the molecule is COc1ccc(NC(=O)CSc2ncnc3nc(-c4ccc(C)cc4)ncc23)cc1. The van der Waals surface area contributed by atoms with Crippen LogP contribution in [0.5, 0.6) is 5.75 Å². The summed E-state index contributed by atoms with van der Waals surface area (Å²) in [6.07, 6.45) is 3.17.